The van der Waals surface area contributed by atoms with Crippen LogP contribution in [0.5, 0.6) is 0 Å². The number of aryl methyl sites for hydroxylation is 3. The van der Waals surface area contributed by atoms with Crippen LogP contribution in [0.2, 0.25) is 5.02 Å². The van der Waals surface area contributed by atoms with Crippen molar-refractivity contribution < 1.29 is 9.72 Å². The van der Waals surface area contributed by atoms with Gasteiger partial charge in [-0.05, 0) is 51.2 Å². The number of halogens is 1. The third kappa shape index (κ3) is 4.14. The number of thiophene rings is 1. The van der Waals surface area contributed by atoms with Gasteiger partial charge in [-0.1, -0.05) is 23.4 Å². The van der Waals surface area contributed by atoms with Crippen LogP contribution in [0.15, 0.2) is 23.2 Å². The van der Waals surface area contributed by atoms with Gasteiger partial charge in [0.1, 0.15) is 15.7 Å². The number of hydrogen-bond acceptors (Lipinski definition) is 7. The molecule has 7 nitrogen and oxygen atoms in total. The highest BCUT2D eigenvalue weighted by molar-refractivity contribution is 8.00. The van der Waals surface area contributed by atoms with Gasteiger partial charge >= 0.3 is 0 Å². The van der Waals surface area contributed by atoms with Crippen molar-refractivity contribution >= 4 is 62.2 Å². The number of nitro groups is 1. The molecular formula is C20H19ClN4O3S2. The number of hydrogen-bond donors (Lipinski definition) is 1. The molecule has 0 saturated heterocycles. The number of thioether (sulfide) groups is 1. The summed E-state index contributed by atoms with van der Waals surface area (Å²) in [6, 6.07) is 3.98. The van der Waals surface area contributed by atoms with Gasteiger partial charge in [0.15, 0.2) is 0 Å². The Bertz CT molecular complexity index is 1160. The average Bonchev–Trinajstić information content (AvgIpc) is 3.07. The molecule has 4 rings (SSSR count). The van der Waals surface area contributed by atoms with Gasteiger partial charge < -0.3 is 5.32 Å². The van der Waals surface area contributed by atoms with Gasteiger partial charge in [-0.3, -0.25) is 14.9 Å². The number of nitro benzene ring substituents is 1. The van der Waals surface area contributed by atoms with E-state index < -0.39 is 10.2 Å². The van der Waals surface area contributed by atoms with E-state index in [0.717, 1.165) is 34.5 Å². The van der Waals surface area contributed by atoms with Crippen molar-refractivity contribution in [3.63, 3.8) is 0 Å². The summed E-state index contributed by atoms with van der Waals surface area (Å²) in [5.41, 5.74) is 1.55. The van der Waals surface area contributed by atoms with Crippen molar-refractivity contribution in [1.82, 2.24) is 9.97 Å². The van der Waals surface area contributed by atoms with Crippen LogP contribution in [0.3, 0.4) is 0 Å². The van der Waals surface area contributed by atoms with Crippen molar-refractivity contribution in [3.8, 4) is 0 Å². The number of non-ortho nitro benzene ring substituents is 1. The first-order valence-electron chi connectivity index (χ1n) is 9.54. The molecule has 1 N–H and O–H groups in total. The van der Waals surface area contributed by atoms with Crippen molar-refractivity contribution in [1.29, 1.82) is 0 Å². The van der Waals surface area contributed by atoms with E-state index >= 15 is 0 Å². The third-order valence-electron chi connectivity index (χ3n) is 4.97. The Labute approximate surface area is 186 Å². The molecule has 30 heavy (non-hydrogen) atoms. The van der Waals surface area contributed by atoms with E-state index in [1.807, 2.05) is 6.92 Å². The van der Waals surface area contributed by atoms with Crippen LogP contribution in [0, 0.1) is 17.0 Å². The van der Waals surface area contributed by atoms with E-state index in [0.29, 0.717) is 11.5 Å². The van der Waals surface area contributed by atoms with E-state index in [9.17, 15) is 14.9 Å². The molecule has 1 amide bonds. The van der Waals surface area contributed by atoms with Crippen molar-refractivity contribution in [3.05, 3.63) is 49.6 Å². The maximum Gasteiger partial charge on any atom is 0.271 e. The monoisotopic (exact) mass is 462 g/mol. The Kier molecular flexibility index (Phi) is 5.95. The third-order valence-corrected chi connectivity index (χ3v) is 7.56. The number of nitrogens with zero attached hydrogens (tertiary/aromatic N) is 3. The fourth-order valence-corrected chi connectivity index (χ4v) is 6.10. The Morgan fingerprint density at radius 1 is 1.33 bits per heavy atom. The van der Waals surface area contributed by atoms with Crippen LogP contribution in [0.25, 0.3) is 10.2 Å². The van der Waals surface area contributed by atoms with Gasteiger partial charge in [-0.25, -0.2) is 9.97 Å². The molecule has 1 unspecified atom stereocenters. The minimum Gasteiger partial charge on any atom is -0.324 e. The standard InChI is InChI=1S/C20H19ClN4O3S2/c1-10(18(26)24-15-8-7-12(25(27)28)9-14(15)21)29-19-17-13-5-3-4-6-16(13)30-20(17)23-11(2)22-19/h7-10H,3-6H2,1-2H3,(H,24,26). The summed E-state index contributed by atoms with van der Waals surface area (Å²) in [5, 5.41) is 15.2. The lowest BCUT2D eigenvalue weighted by Crippen LogP contribution is -2.22. The van der Waals surface area contributed by atoms with E-state index in [4.69, 9.17) is 11.6 Å². The Morgan fingerprint density at radius 2 is 2.10 bits per heavy atom. The maximum absolute atomic E-state index is 12.8. The smallest absolute Gasteiger partial charge is 0.271 e. The minimum atomic E-state index is -0.528. The van der Waals surface area contributed by atoms with Crippen LogP contribution >= 0.6 is 34.7 Å². The molecule has 0 fully saturated rings. The predicted octanol–water partition coefficient (Wildman–Crippen LogP) is 5.56. The molecule has 1 aliphatic carbocycles. The zero-order valence-corrected chi connectivity index (χ0v) is 18.8. The quantitative estimate of drug-likeness (QED) is 0.230. The predicted molar refractivity (Wildman–Crippen MR) is 121 cm³/mol. The number of fused-ring (bicyclic) bond motifs is 3. The SMILES string of the molecule is Cc1nc(SC(C)C(=O)Nc2ccc([N+](=O)[O-])cc2Cl)c2c3c(sc2n1)CCCC3. The average molecular weight is 463 g/mol. The number of aromatic nitrogens is 2. The highest BCUT2D eigenvalue weighted by Crippen LogP contribution is 2.40. The molecule has 2 aromatic heterocycles. The Hall–Kier alpha value is -2.23. The number of benzene rings is 1. The van der Waals surface area contributed by atoms with Gasteiger partial charge in [-0.2, -0.15) is 0 Å². The summed E-state index contributed by atoms with van der Waals surface area (Å²) >= 11 is 9.23. The highest BCUT2D eigenvalue weighted by Gasteiger charge is 2.24. The zero-order chi connectivity index (χ0) is 21.4. The number of anilines is 1. The van der Waals surface area contributed by atoms with Crippen LogP contribution < -0.4 is 5.32 Å². The summed E-state index contributed by atoms with van der Waals surface area (Å²) in [4.78, 5) is 34.7. The molecule has 0 saturated carbocycles. The summed E-state index contributed by atoms with van der Waals surface area (Å²) in [7, 11) is 0. The lowest BCUT2D eigenvalue weighted by molar-refractivity contribution is -0.384. The van der Waals surface area contributed by atoms with Crippen LogP contribution in [-0.2, 0) is 17.6 Å². The lowest BCUT2D eigenvalue weighted by atomic mass is 9.97. The molecule has 0 radical (unpaired) electrons. The molecule has 3 aromatic rings. The number of carbonyl (C=O) groups excluding carboxylic acids is 1. The minimum absolute atomic E-state index is 0.124. The van der Waals surface area contributed by atoms with Gasteiger partial charge in [-0.15, -0.1) is 11.3 Å². The number of amides is 1. The second-order valence-electron chi connectivity index (χ2n) is 7.14. The van der Waals surface area contributed by atoms with Crippen LogP contribution in [0.4, 0.5) is 11.4 Å². The van der Waals surface area contributed by atoms with E-state index in [2.05, 4.69) is 15.3 Å². The highest BCUT2D eigenvalue weighted by atomic mass is 35.5. The van der Waals surface area contributed by atoms with E-state index in [-0.39, 0.29) is 16.6 Å². The van der Waals surface area contributed by atoms with Crippen LogP contribution in [-0.4, -0.2) is 26.0 Å². The molecule has 0 bridgehead atoms. The van der Waals surface area contributed by atoms with E-state index in [1.54, 1.807) is 18.3 Å². The molecule has 2 heterocycles. The summed E-state index contributed by atoms with van der Waals surface area (Å²) in [6.07, 6.45) is 4.46. The molecule has 0 aliphatic heterocycles. The first kappa shape index (κ1) is 21.0. The maximum atomic E-state index is 12.8. The Balaban J connectivity index is 1.57. The fourth-order valence-electron chi connectivity index (χ4n) is 3.49. The number of rotatable bonds is 5. The van der Waals surface area contributed by atoms with Gasteiger partial charge in [0.25, 0.3) is 5.69 Å². The van der Waals surface area contributed by atoms with Gasteiger partial charge in [0.2, 0.25) is 5.91 Å². The van der Waals surface area contributed by atoms with Crippen molar-refractivity contribution in [2.45, 2.75) is 49.8 Å². The lowest BCUT2D eigenvalue weighted by Gasteiger charge is -2.15. The molecule has 10 heteroatoms. The molecule has 1 aromatic carbocycles. The molecule has 156 valence electrons. The Morgan fingerprint density at radius 3 is 2.83 bits per heavy atom. The first-order valence-corrected chi connectivity index (χ1v) is 11.6. The van der Waals surface area contributed by atoms with Crippen molar-refractivity contribution in [2.24, 2.45) is 0 Å². The van der Waals surface area contributed by atoms with Gasteiger partial charge in [0.05, 0.1) is 20.9 Å². The summed E-state index contributed by atoms with van der Waals surface area (Å²) in [6.45, 7) is 3.67. The van der Waals surface area contributed by atoms with Crippen LogP contribution in [0.1, 0.15) is 36.0 Å². The van der Waals surface area contributed by atoms with Gasteiger partial charge in [0, 0.05) is 22.4 Å². The second-order valence-corrected chi connectivity index (χ2v) is 9.96. The second kappa shape index (κ2) is 8.49. The first-order chi connectivity index (χ1) is 14.3. The van der Waals surface area contributed by atoms with E-state index in [1.165, 1.54) is 46.8 Å². The van der Waals surface area contributed by atoms with Crippen molar-refractivity contribution in [2.75, 3.05) is 5.32 Å². The molecule has 0 spiro atoms. The number of nitrogens with one attached hydrogen (secondary N) is 1. The molecule has 1 aliphatic rings. The normalized spacial score (nSPS) is 14.4. The topological polar surface area (TPSA) is 98.0 Å². The number of carbonyl (C=O) groups is 1. The summed E-state index contributed by atoms with van der Waals surface area (Å²) in [5.74, 6) is 0.443. The zero-order valence-electron chi connectivity index (χ0n) is 16.4. The molecule has 1 atom stereocenters. The molecular weight excluding hydrogens is 444 g/mol. The fraction of sp³-hybridized carbons (Fsp3) is 0.350. The summed E-state index contributed by atoms with van der Waals surface area (Å²) < 4.78 is 0. The largest absolute Gasteiger partial charge is 0.324 e.